The average molecular weight is 184 g/mol. The Labute approximate surface area is 60.4 Å². The van der Waals surface area contributed by atoms with Gasteiger partial charge in [0, 0.05) is 0 Å². The quantitative estimate of drug-likeness (QED) is 0.474. The predicted molar refractivity (Wildman–Crippen MR) is 34.2 cm³/mol. The normalized spacial score (nSPS) is 9.90. The van der Waals surface area contributed by atoms with Gasteiger partial charge in [-0.3, -0.25) is 0 Å². The van der Waals surface area contributed by atoms with Crippen LogP contribution in [0.15, 0.2) is 11.0 Å². The lowest BCUT2D eigenvalue weighted by Gasteiger charge is -1.82. The van der Waals surface area contributed by atoms with E-state index in [9.17, 15) is 0 Å². The second-order valence-electron chi connectivity index (χ2n) is 1.09. The first-order valence-electron chi connectivity index (χ1n) is 1.97. The lowest BCUT2D eigenvalue weighted by Crippen LogP contribution is -1.66. The topological polar surface area (TPSA) is 104 Å². The number of hydrogen-bond donors (Lipinski definition) is 3. The minimum Gasteiger partial charge on any atom is -0.303 e. The molecule has 1 rings (SSSR count). The zero-order chi connectivity index (χ0) is 8.04. The van der Waals surface area contributed by atoms with Gasteiger partial charge in [0.25, 0.3) is 0 Å². The third-order valence-corrected chi connectivity index (χ3v) is 0.715. The highest BCUT2D eigenvalue weighted by Crippen LogP contribution is 2.25. The molecule has 3 N–H and O–H groups in total. The summed E-state index contributed by atoms with van der Waals surface area (Å²) >= 11 is 1.49. The Balaban J connectivity index is 0.000000162. The van der Waals surface area contributed by atoms with Crippen molar-refractivity contribution in [3.05, 3.63) is 11.0 Å². The Morgan fingerprint density at radius 2 is 1.50 bits per heavy atom. The van der Waals surface area contributed by atoms with Crippen molar-refractivity contribution in [1.29, 1.82) is 0 Å². The number of hydrogen-bond acceptors (Lipinski definition) is 4. The van der Waals surface area contributed by atoms with Gasteiger partial charge in [-0.25, -0.2) is 4.57 Å². The van der Waals surface area contributed by atoms with Crippen LogP contribution in [0.5, 0.6) is 0 Å². The molecule has 1 aromatic heterocycles. The molecule has 0 aliphatic heterocycles. The molecule has 8 heteroatoms. The lowest BCUT2D eigenvalue weighted by molar-refractivity contribution is 0.275. The molecule has 0 saturated heterocycles. The van der Waals surface area contributed by atoms with Crippen LogP contribution in [0.2, 0.25) is 0 Å². The molecule has 0 fully saturated rings. The summed E-state index contributed by atoms with van der Waals surface area (Å²) in [6, 6.07) is 0. The Morgan fingerprint density at radius 1 is 1.20 bits per heavy atom. The largest absolute Gasteiger partial charge is 0.466 e. The van der Waals surface area contributed by atoms with Gasteiger partial charge in [-0.1, -0.05) is 0 Å². The van der Waals surface area contributed by atoms with Gasteiger partial charge in [-0.05, 0) is 0 Å². The third kappa shape index (κ3) is 15.6. The molecule has 6 nitrogen and oxygen atoms in total. The average Bonchev–Trinajstić information content (AvgIpc) is 2.07. The summed E-state index contributed by atoms with van der Waals surface area (Å²) in [6.45, 7) is 0. The SMILES string of the molecule is O=P(O)(O)O.c1nncs1. The lowest BCUT2D eigenvalue weighted by atomic mass is 11.6. The zero-order valence-corrected chi connectivity index (χ0v) is 6.37. The molecule has 58 valence electrons. The molecule has 1 aromatic rings. The van der Waals surface area contributed by atoms with E-state index in [0.29, 0.717) is 0 Å². The maximum Gasteiger partial charge on any atom is 0.466 e. The fourth-order valence-corrected chi connectivity index (χ4v) is 0.408. The molecular formula is C2H5N2O4PS. The monoisotopic (exact) mass is 184 g/mol. The molecule has 0 radical (unpaired) electrons. The van der Waals surface area contributed by atoms with Crippen molar-refractivity contribution in [2.45, 2.75) is 0 Å². The summed E-state index contributed by atoms with van der Waals surface area (Å²) in [7, 11) is -4.64. The highest BCUT2D eigenvalue weighted by atomic mass is 32.1. The van der Waals surface area contributed by atoms with E-state index in [1.807, 2.05) is 0 Å². The Hall–Kier alpha value is -0.330. The summed E-state index contributed by atoms with van der Waals surface area (Å²) < 4.78 is 8.88. The molecule has 0 aliphatic rings. The van der Waals surface area contributed by atoms with Crippen LogP contribution < -0.4 is 0 Å². The smallest absolute Gasteiger partial charge is 0.303 e. The fourth-order valence-electron chi connectivity index (χ4n) is 0.136. The first-order chi connectivity index (χ1) is 4.50. The van der Waals surface area contributed by atoms with E-state index in [-0.39, 0.29) is 0 Å². The summed E-state index contributed by atoms with van der Waals surface area (Å²) in [5.41, 5.74) is 3.36. The van der Waals surface area contributed by atoms with E-state index in [4.69, 9.17) is 19.2 Å². The molecule has 0 unspecified atom stereocenters. The Morgan fingerprint density at radius 3 is 1.60 bits per heavy atom. The van der Waals surface area contributed by atoms with Gasteiger partial charge in [-0.2, -0.15) is 0 Å². The van der Waals surface area contributed by atoms with Gasteiger partial charge >= 0.3 is 7.82 Å². The summed E-state index contributed by atoms with van der Waals surface area (Å²) in [5, 5.41) is 6.98. The highest BCUT2D eigenvalue weighted by molar-refractivity contribution is 7.45. The van der Waals surface area contributed by atoms with Crippen LogP contribution >= 0.6 is 19.2 Å². The fraction of sp³-hybridized carbons (Fsp3) is 0. The molecule has 0 saturated carbocycles. The van der Waals surface area contributed by atoms with E-state index < -0.39 is 7.82 Å². The molecule has 10 heavy (non-hydrogen) atoms. The zero-order valence-electron chi connectivity index (χ0n) is 4.65. The van der Waals surface area contributed by atoms with Crippen LogP contribution in [0.4, 0.5) is 0 Å². The minimum atomic E-state index is -4.64. The van der Waals surface area contributed by atoms with Gasteiger partial charge in [0.1, 0.15) is 11.0 Å². The van der Waals surface area contributed by atoms with Crippen LogP contribution in [-0.2, 0) is 4.57 Å². The van der Waals surface area contributed by atoms with Crippen molar-refractivity contribution >= 4 is 19.2 Å². The van der Waals surface area contributed by atoms with Gasteiger partial charge in [0.2, 0.25) is 0 Å². The van der Waals surface area contributed by atoms with Gasteiger partial charge in [0.15, 0.2) is 0 Å². The first-order valence-corrected chi connectivity index (χ1v) is 4.48. The van der Waals surface area contributed by atoms with Crippen LogP contribution in [0, 0.1) is 0 Å². The van der Waals surface area contributed by atoms with E-state index in [1.54, 1.807) is 11.0 Å². The van der Waals surface area contributed by atoms with E-state index in [0.717, 1.165) is 0 Å². The number of nitrogens with zero attached hydrogens (tertiary/aromatic N) is 2. The third-order valence-electron chi connectivity index (χ3n) is 0.283. The van der Waals surface area contributed by atoms with E-state index in [1.165, 1.54) is 11.3 Å². The second kappa shape index (κ2) is 4.48. The van der Waals surface area contributed by atoms with Crippen molar-refractivity contribution in [3.63, 3.8) is 0 Å². The molecule has 0 aromatic carbocycles. The van der Waals surface area contributed by atoms with E-state index >= 15 is 0 Å². The molecule has 0 bridgehead atoms. The van der Waals surface area contributed by atoms with Crippen LogP contribution in [0.3, 0.4) is 0 Å². The van der Waals surface area contributed by atoms with Crippen molar-refractivity contribution in [2.75, 3.05) is 0 Å². The number of rotatable bonds is 0. The maximum absolute atomic E-state index is 8.88. The van der Waals surface area contributed by atoms with Crippen LogP contribution in [-0.4, -0.2) is 24.9 Å². The molecule has 0 aliphatic carbocycles. The molecule has 0 spiro atoms. The van der Waals surface area contributed by atoms with Crippen molar-refractivity contribution in [3.8, 4) is 0 Å². The summed E-state index contributed by atoms with van der Waals surface area (Å²) in [4.78, 5) is 21.6. The van der Waals surface area contributed by atoms with Gasteiger partial charge < -0.3 is 14.7 Å². The second-order valence-corrected chi connectivity index (χ2v) is 2.81. The van der Waals surface area contributed by atoms with Crippen LogP contribution in [0.25, 0.3) is 0 Å². The van der Waals surface area contributed by atoms with E-state index in [2.05, 4.69) is 10.2 Å². The maximum atomic E-state index is 8.88. The predicted octanol–water partition coefficient (Wildman–Crippen LogP) is -0.391. The first kappa shape index (κ1) is 9.67. The van der Waals surface area contributed by atoms with Crippen LogP contribution in [0.1, 0.15) is 0 Å². The van der Waals surface area contributed by atoms with Crippen molar-refractivity contribution in [1.82, 2.24) is 10.2 Å². The molecular weight excluding hydrogens is 179 g/mol. The molecule has 0 atom stereocenters. The van der Waals surface area contributed by atoms with Gasteiger partial charge in [0.05, 0.1) is 0 Å². The van der Waals surface area contributed by atoms with Gasteiger partial charge in [-0.15, -0.1) is 21.5 Å². The number of aromatic nitrogens is 2. The summed E-state index contributed by atoms with van der Waals surface area (Å²) in [5.74, 6) is 0. The Kier molecular flexibility index (Phi) is 4.33. The van der Waals surface area contributed by atoms with Crippen molar-refractivity contribution < 1.29 is 19.2 Å². The minimum absolute atomic E-state index is 1.49. The highest BCUT2D eigenvalue weighted by Gasteiger charge is 2.00. The van der Waals surface area contributed by atoms with Crippen molar-refractivity contribution in [2.24, 2.45) is 0 Å². The number of phosphoric acid groups is 1. The summed E-state index contributed by atoms with van der Waals surface area (Å²) in [6.07, 6.45) is 0. The molecule has 0 amide bonds. The standard InChI is InChI=1S/C2H2N2S.H3O4P/c1-3-4-2-5-1;1-5(2,3)4/h1-2H;(H3,1,2,3,4). The molecule has 1 heterocycles. The Bertz CT molecular complexity index is 170.